The van der Waals surface area contributed by atoms with Gasteiger partial charge in [0.2, 0.25) is 17.5 Å². The molecular weight excluding hydrogens is 473 g/mol. The third-order valence-electron chi connectivity index (χ3n) is 7.10. The topological polar surface area (TPSA) is 100 Å². The first-order chi connectivity index (χ1) is 16.9. The number of fused-ring (bicyclic) bond motifs is 1. The highest BCUT2D eigenvalue weighted by molar-refractivity contribution is 6.00. The highest BCUT2D eigenvalue weighted by Gasteiger charge is 2.47. The third-order valence-corrected chi connectivity index (χ3v) is 7.10. The normalized spacial score (nSPS) is 27.4. The molecule has 0 aromatic carbocycles. The number of carbonyl (C=O) groups excluding carboxylic acids is 2. The summed E-state index contributed by atoms with van der Waals surface area (Å²) in [5.74, 6) is 1.61. The maximum atomic E-state index is 13.3. The molecule has 0 aromatic rings. The van der Waals surface area contributed by atoms with Gasteiger partial charge in [0.15, 0.2) is 18.3 Å². The minimum Gasteiger partial charge on any atom is -0.349 e. The minimum atomic E-state index is -4.39. The van der Waals surface area contributed by atoms with Crippen LogP contribution in [0.4, 0.5) is 13.2 Å². The molecule has 8 nitrogen and oxygen atoms in total. The van der Waals surface area contributed by atoms with E-state index < -0.39 is 48.2 Å². The second-order valence-electron chi connectivity index (χ2n) is 9.40. The van der Waals surface area contributed by atoms with E-state index in [1.54, 1.807) is 25.1 Å². The van der Waals surface area contributed by atoms with Crippen LogP contribution in [0.1, 0.15) is 46.5 Å². The van der Waals surface area contributed by atoms with Crippen LogP contribution in [0.15, 0.2) is 22.5 Å². The Morgan fingerprint density at radius 1 is 1.39 bits per heavy atom. The fourth-order valence-electron chi connectivity index (χ4n) is 5.05. The van der Waals surface area contributed by atoms with E-state index in [0.717, 1.165) is 12.1 Å². The highest BCUT2D eigenvalue weighted by atomic mass is 19.4. The van der Waals surface area contributed by atoms with Gasteiger partial charge in [0, 0.05) is 31.1 Å². The van der Waals surface area contributed by atoms with Crippen LogP contribution < -0.4 is 16.0 Å². The Labute approximate surface area is 209 Å². The molecule has 0 bridgehead atoms. The second-order valence-corrected chi connectivity index (χ2v) is 9.40. The molecule has 3 aliphatic rings. The van der Waals surface area contributed by atoms with E-state index in [2.05, 4.69) is 27.9 Å². The molecule has 2 amide bonds. The summed E-state index contributed by atoms with van der Waals surface area (Å²) < 4.78 is 41.7. The van der Waals surface area contributed by atoms with Crippen molar-refractivity contribution < 1.29 is 27.3 Å². The molecule has 3 heterocycles. The predicted molar refractivity (Wildman–Crippen MR) is 127 cm³/mol. The Hall–Kier alpha value is -3.31. The highest BCUT2D eigenvalue weighted by Crippen LogP contribution is 2.33. The van der Waals surface area contributed by atoms with Gasteiger partial charge in [-0.05, 0) is 32.3 Å². The van der Waals surface area contributed by atoms with E-state index in [-0.39, 0.29) is 24.8 Å². The lowest BCUT2D eigenvalue weighted by atomic mass is 9.83. The molecule has 194 valence electrons. The molecule has 0 saturated carbocycles. The summed E-state index contributed by atoms with van der Waals surface area (Å²) in [7, 11) is 1.76. The molecular formula is C25H32F3N6O2+. The van der Waals surface area contributed by atoms with E-state index >= 15 is 0 Å². The summed E-state index contributed by atoms with van der Waals surface area (Å²) in [5.41, 5.74) is 1.95. The molecule has 5 atom stereocenters. The maximum absolute atomic E-state index is 13.3. The van der Waals surface area contributed by atoms with Crippen LogP contribution in [0.5, 0.6) is 0 Å². The maximum Gasteiger partial charge on any atom is 0.403 e. The molecule has 0 spiro atoms. The summed E-state index contributed by atoms with van der Waals surface area (Å²) in [4.78, 5) is 27.5. The lowest BCUT2D eigenvalue weighted by Gasteiger charge is -2.42. The van der Waals surface area contributed by atoms with Crippen molar-refractivity contribution in [2.75, 3.05) is 13.6 Å². The first kappa shape index (κ1) is 27.3. The Balaban J connectivity index is 1.81. The molecule has 3 N–H and O–H groups in total. The summed E-state index contributed by atoms with van der Waals surface area (Å²) in [5, 5.41) is 17.6. The first-order valence-corrected chi connectivity index (χ1v) is 12.0. The van der Waals surface area contributed by atoms with Crippen LogP contribution in [0.2, 0.25) is 0 Å². The van der Waals surface area contributed by atoms with Gasteiger partial charge < -0.3 is 15.5 Å². The van der Waals surface area contributed by atoms with Crippen molar-refractivity contribution in [3.63, 3.8) is 0 Å². The van der Waals surface area contributed by atoms with Gasteiger partial charge in [-0.2, -0.15) is 23.0 Å². The van der Waals surface area contributed by atoms with Crippen LogP contribution in [0.3, 0.4) is 0 Å². The van der Waals surface area contributed by atoms with Gasteiger partial charge in [0.1, 0.15) is 12.6 Å². The van der Waals surface area contributed by atoms with Gasteiger partial charge in [-0.25, -0.2) is 0 Å². The van der Waals surface area contributed by atoms with Gasteiger partial charge in [0.05, 0.1) is 18.2 Å². The number of amides is 2. The summed E-state index contributed by atoms with van der Waals surface area (Å²) in [6, 6.07) is -1.92. The standard InChI is InChI=1S/C25H31F3N6O2/c1-6-10-34-13-16(12-29)33(5)15(4)23(34)18(7-2)30-21(35)11-17-14(3)22-19(31-24(17)36)8-9-20(32-22)25(26,27)28/h2,13,16,18-20,22,32H,6,8-11H2,1,3-5H3,(H-,30,31,35,36)/p+1/t16?,18-,19?,20?,22?/m0/s1. The Kier molecular flexibility index (Phi) is 8.15. The number of halogens is 3. The van der Waals surface area contributed by atoms with Crippen molar-refractivity contribution in [1.29, 1.82) is 5.26 Å². The summed E-state index contributed by atoms with van der Waals surface area (Å²) >= 11 is 0. The Bertz CT molecular complexity index is 1090. The van der Waals surface area contributed by atoms with Crippen molar-refractivity contribution in [2.45, 2.75) is 82.8 Å². The van der Waals surface area contributed by atoms with Gasteiger partial charge in [0.25, 0.3) is 0 Å². The third kappa shape index (κ3) is 5.41. The second kappa shape index (κ2) is 10.8. The van der Waals surface area contributed by atoms with Crippen molar-refractivity contribution in [3.8, 4) is 18.4 Å². The predicted octanol–water partition coefficient (Wildman–Crippen LogP) is 1.55. The van der Waals surface area contributed by atoms with Crippen LogP contribution >= 0.6 is 0 Å². The quantitative estimate of drug-likeness (QED) is 0.376. The molecule has 1 fully saturated rings. The zero-order chi connectivity index (χ0) is 26.8. The molecule has 3 aliphatic heterocycles. The molecule has 3 rings (SSSR count). The van der Waals surface area contributed by atoms with Crippen molar-refractivity contribution in [1.82, 2.24) is 20.9 Å². The molecule has 4 unspecified atom stereocenters. The summed E-state index contributed by atoms with van der Waals surface area (Å²) in [6.45, 7) is 5.98. The van der Waals surface area contributed by atoms with E-state index in [9.17, 15) is 28.0 Å². The van der Waals surface area contributed by atoms with Gasteiger partial charge in [-0.3, -0.25) is 14.9 Å². The van der Waals surface area contributed by atoms with Gasteiger partial charge in [-0.15, -0.1) is 6.42 Å². The van der Waals surface area contributed by atoms with Crippen molar-refractivity contribution >= 4 is 18.0 Å². The van der Waals surface area contributed by atoms with Crippen LogP contribution in [0.25, 0.3) is 0 Å². The number of rotatable bonds is 6. The molecule has 0 radical (unpaired) electrons. The number of hydrogen-bond donors (Lipinski definition) is 3. The average molecular weight is 506 g/mol. The molecule has 0 aliphatic carbocycles. The van der Waals surface area contributed by atoms with Crippen molar-refractivity contribution in [2.24, 2.45) is 0 Å². The number of nitrogens with one attached hydrogen (secondary N) is 3. The molecule has 36 heavy (non-hydrogen) atoms. The molecule has 1 saturated heterocycles. The van der Waals surface area contributed by atoms with Crippen LogP contribution in [-0.2, 0) is 9.59 Å². The Morgan fingerprint density at radius 3 is 2.67 bits per heavy atom. The largest absolute Gasteiger partial charge is 0.403 e. The fourth-order valence-corrected chi connectivity index (χ4v) is 5.05. The minimum absolute atomic E-state index is 0.126. The average Bonchev–Trinajstić information content (AvgIpc) is 2.82. The lowest BCUT2D eigenvalue weighted by Crippen LogP contribution is -2.63. The zero-order valence-corrected chi connectivity index (χ0v) is 20.9. The van der Waals surface area contributed by atoms with Crippen LogP contribution in [0, 0.1) is 23.7 Å². The number of allylic oxidation sites excluding steroid dienone is 1. The first-order valence-electron chi connectivity index (χ1n) is 12.0. The van der Waals surface area contributed by atoms with E-state index in [0.29, 0.717) is 17.8 Å². The number of terminal acetylenes is 1. The summed E-state index contributed by atoms with van der Waals surface area (Å²) in [6.07, 6.45) is 3.67. The Morgan fingerprint density at radius 2 is 2.08 bits per heavy atom. The SMILES string of the molecule is C#C[C@H](NC(=O)CC1=C(C)C2NC(C(F)(F)F)CCC2NC1=O)C1=C(C)N(C)C(C#N)C=[N+]1CCC. The van der Waals surface area contributed by atoms with E-state index in [4.69, 9.17) is 6.42 Å². The van der Waals surface area contributed by atoms with Gasteiger partial charge >= 0.3 is 6.18 Å². The number of nitrogens with zero attached hydrogens (tertiary/aromatic N) is 3. The van der Waals surface area contributed by atoms with E-state index in [1.807, 2.05) is 18.4 Å². The number of carbonyl (C=O) groups is 2. The smallest absolute Gasteiger partial charge is 0.349 e. The fraction of sp³-hybridized carbons (Fsp3) is 0.600. The molecule has 11 heteroatoms. The van der Waals surface area contributed by atoms with Gasteiger partial charge in [-0.1, -0.05) is 12.8 Å². The molecule has 0 aromatic heterocycles. The monoisotopic (exact) mass is 505 g/mol. The van der Waals surface area contributed by atoms with Crippen molar-refractivity contribution in [3.05, 3.63) is 22.5 Å². The number of nitriles is 1. The number of alkyl halides is 3. The van der Waals surface area contributed by atoms with Crippen LogP contribution in [-0.4, -0.2) is 77.5 Å². The van der Waals surface area contributed by atoms with E-state index in [1.165, 1.54) is 0 Å². The number of hydrogen-bond acceptors (Lipinski definition) is 5. The lowest BCUT2D eigenvalue weighted by molar-refractivity contribution is -0.482. The number of piperidine rings is 1. The zero-order valence-electron chi connectivity index (χ0n) is 20.9.